The average molecular weight is 447 g/mol. The molecule has 0 radical (unpaired) electrons. The molecular weight excluding hydrogens is 412 g/mol. The highest BCUT2D eigenvalue weighted by Gasteiger charge is 2.35. The molecule has 0 bridgehead atoms. The Bertz CT molecular complexity index is 885. The highest BCUT2D eigenvalue weighted by molar-refractivity contribution is 8.13. The summed E-state index contributed by atoms with van der Waals surface area (Å²) >= 11 is 0. The summed E-state index contributed by atoms with van der Waals surface area (Å²) in [5, 5.41) is 8.72. The number of benzene rings is 1. The van der Waals surface area contributed by atoms with Crippen LogP contribution in [0.1, 0.15) is 57.8 Å². The quantitative estimate of drug-likeness (QED) is 0.494. The summed E-state index contributed by atoms with van der Waals surface area (Å²) in [6, 6.07) is 6.57. The van der Waals surface area contributed by atoms with Crippen molar-refractivity contribution in [1.29, 1.82) is 0 Å². The summed E-state index contributed by atoms with van der Waals surface area (Å²) in [6.07, 6.45) is 9.77. The van der Waals surface area contributed by atoms with Gasteiger partial charge in [0.25, 0.3) is 10.1 Å². The SMILES string of the molecule is CS(N)(=O)(O)C1CCCC(CC2CCCC(Nc3ccccc3S(=O)(=O)O)C2)C1. The molecule has 166 valence electrons. The summed E-state index contributed by atoms with van der Waals surface area (Å²) in [7, 11) is -8.28. The van der Waals surface area contributed by atoms with Crippen molar-refractivity contribution in [3.05, 3.63) is 24.3 Å². The first-order valence-electron chi connectivity index (χ1n) is 10.4. The number of hydrogen-bond donors (Lipinski definition) is 4. The molecule has 2 fully saturated rings. The molecule has 1 aromatic carbocycles. The number of para-hydroxylation sites is 1. The molecule has 9 heteroatoms. The van der Waals surface area contributed by atoms with Crippen LogP contribution in [0, 0.1) is 11.8 Å². The highest BCUT2D eigenvalue weighted by atomic mass is 32.3. The summed E-state index contributed by atoms with van der Waals surface area (Å²) in [4.78, 5) is -0.0907. The van der Waals surface area contributed by atoms with Crippen molar-refractivity contribution in [2.45, 2.75) is 74.0 Å². The van der Waals surface area contributed by atoms with Gasteiger partial charge < -0.3 is 5.32 Å². The number of nitrogens with one attached hydrogen (secondary N) is 1. The van der Waals surface area contributed by atoms with Crippen molar-refractivity contribution in [2.75, 3.05) is 11.6 Å². The van der Waals surface area contributed by atoms with Crippen LogP contribution >= 0.6 is 0 Å². The Hall–Kier alpha value is -1.00. The highest BCUT2D eigenvalue weighted by Crippen LogP contribution is 2.40. The summed E-state index contributed by atoms with van der Waals surface area (Å²) in [5.74, 6) is 0.897. The molecule has 2 aliphatic rings. The lowest BCUT2D eigenvalue weighted by Crippen LogP contribution is -2.52. The molecule has 4 atom stereocenters. The van der Waals surface area contributed by atoms with Crippen molar-refractivity contribution in [2.24, 2.45) is 17.0 Å². The average Bonchev–Trinajstić information content (AvgIpc) is 2.60. The second-order valence-electron chi connectivity index (χ2n) is 9.17. The Morgan fingerprint density at radius 2 is 1.72 bits per heavy atom. The summed E-state index contributed by atoms with van der Waals surface area (Å²) < 4.78 is 55.3. The van der Waals surface area contributed by atoms with E-state index in [9.17, 15) is 21.7 Å². The van der Waals surface area contributed by atoms with Crippen LogP contribution < -0.4 is 10.5 Å². The lowest BCUT2D eigenvalue weighted by molar-refractivity contribution is 0.234. The Morgan fingerprint density at radius 1 is 1.10 bits per heavy atom. The molecule has 29 heavy (non-hydrogen) atoms. The normalized spacial score (nSPS) is 30.3. The van der Waals surface area contributed by atoms with E-state index in [0.717, 1.165) is 44.9 Å². The van der Waals surface area contributed by atoms with Crippen LogP contribution in [0.3, 0.4) is 0 Å². The number of anilines is 1. The fraction of sp³-hybridized carbons (Fsp3) is 0.700. The van der Waals surface area contributed by atoms with Gasteiger partial charge in [0.2, 0.25) is 0 Å². The molecule has 5 N–H and O–H groups in total. The first-order valence-corrected chi connectivity index (χ1v) is 14.3. The third-order valence-electron chi connectivity index (χ3n) is 6.52. The molecule has 0 heterocycles. The smallest absolute Gasteiger partial charge is 0.296 e. The first-order chi connectivity index (χ1) is 13.4. The van der Waals surface area contributed by atoms with Gasteiger partial charge in [-0.05, 0) is 56.1 Å². The van der Waals surface area contributed by atoms with E-state index in [1.165, 1.54) is 12.3 Å². The third kappa shape index (κ3) is 6.24. The van der Waals surface area contributed by atoms with Gasteiger partial charge >= 0.3 is 0 Å². The van der Waals surface area contributed by atoms with Crippen LogP contribution in [0.2, 0.25) is 0 Å². The molecule has 1 aromatic rings. The van der Waals surface area contributed by atoms with E-state index < -0.39 is 19.7 Å². The maximum atomic E-state index is 12.4. The largest absolute Gasteiger partial charge is 0.381 e. The Kier molecular flexibility index (Phi) is 6.46. The number of nitrogens with two attached hydrogens (primary N) is 1. The van der Waals surface area contributed by atoms with Gasteiger partial charge in [-0.2, -0.15) is 12.6 Å². The van der Waals surface area contributed by atoms with Gasteiger partial charge in [-0.3, -0.25) is 9.11 Å². The topological polar surface area (TPSA) is 130 Å². The van der Waals surface area contributed by atoms with E-state index in [0.29, 0.717) is 30.4 Å². The van der Waals surface area contributed by atoms with Crippen LogP contribution in [-0.4, -0.2) is 39.3 Å². The Balaban J connectivity index is 1.61. The van der Waals surface area contributed by atoms with Gasteiger partial charge in [0.15, 0.2) is 0 Å². The second kappa shape index (κ2) is 8.26. The lowest BCUT2D eigenvalue weighted by atomic mass is 9.76. The fourth-order valence-electron chi connectivity index (χ4n) is 5.11. The van der Waals surface area contributed by atoms with Crippen molar-refractivity contribution in [3.63, 3.8) is 0 Å². The molecule has 2 saturated carbocycles. The monoisotopic (exact) mass is 446 g/mol. The second-order valence-corrected chi connectivity index (χ2v) is 14.1. The molecule has 0 saturated heterocycles. The molecule has 7 nitrogen and oxygen atoms in total. The van der Waals surface area contributed by atoms with E-state index in [-0.39, 0.29) is 16.2 Å². The molecule has 0 amide bonds. The maximum Gasteiger partial charge on any atom is 0.296 e. The van der Waals surface area contributed by atoms with Gasteiger partial charge in [0.05, 0.1) is 10.9 Å². The minimum Gasteiger partial charge on any atom is -0.381 e. The standard InChI is InChI=1S/C20H34N2O5S2/c1-29(21,26,27)18-9-5-7-16(14-18)12-15-6-4-8-17(13-15)22-19-10-2-3-11-20(19)28(23,24)25/h2-3,10-11,15-18,22H,4-9,12-14H2,1H3,(H3,21,26,27)(H,23,24,25). The van der Waals surface area contributed by atoms with Gasteiger partial charge in [0, 0.05) is 12.3 Å². The Labute approximate surface area is 173 Å². The van der Waals surface area contributed by atoms with Crippen molar-refractivity contribution in [1.82, 2.24) is 0 Å². The van der Waals surface area contributed by atoms with Crippen LogP contribution in [0.25, 0.3) is 0 Å². The molecule has 0 spiro atoms. The van der Waals surface area contributed by atoms with Crippen molar-refractivity contribution < 1.29 is 21.7 Å². The minimum atomic E-state index is -4.27. The molecule has 0 aromatic heterocycles. The third-order valence-corrected chi connectivity index (χ3v) is 9.48. The van der Waals surface area contributed by atoms with E-state index in [1.807, 2.05) is 0 Å². The Morgan fingerprint density at radius 3 is 2.38 bits per heavy atom. The zero-order chi connectivity index (χ0) is 21.3. The predicted octanol–water partition coefficient (Wildman–Crippen LogP) is 3.65. The molecule has 3 rings (SSSR count). The zero-order valence-corrected chi connectivity index (χ0v) is 18.6. The molecular formula is C20H34N2O5S2. The predicted molar refractivity (Wildman–Crippen MR) is 117 cm³/mol. The molecule has 2 aliphatic carbocycles. The van der Waals surface area contributed by atoms with Gasteiger partial charge in [0.1, 0.15) is 4.90 Å². The maximum absolute atomic E-state index is 12.4. The van der Waals surface area contributed by atoms with Crippen LogP contribution in [0.4, 0.5) is 5.69 Å². The molecule has 0 aliphatic heterocycles. The minimum absolute atomic E-state index is 0.0907. The summed E-state index contributed by atoms with van der Waals surface area (Å²) in [6.45, 7) is 0. The lowest BCUT2D eigenvalue weighted by Gasteiger charge is -2.46. The first kappa shape index (κ1) is 22.7. The fourth-order valence-corrected chi connectivity index (χ4v) is 7.25. The van der Waals surface area contributed by atoms with Gasteiger partial charge in [-0.1, -0.05) is 37.8 Å². The molecule has 4 unspecified atom stereocenters. The van der Waals surface area contributed by atoms with Crippen LogP contribution in [-0.2, 0) is 19.7 Å². The van der Waals surface area contributed by atoms with Crippen molar-refractivity contribution in [3.8, 4) is 0 Å². The zero-order valence-electron chi connectivity index (χ0n) is 17.0. The van der Waals surface area contributed by atoms with Crippen molar-refractivity contribution >= 4 is 25.3 Å². The van der Waals surface area contributed by atoms with E-state index in [2.05, 4.69) is 5.32 Å². The van der Waals surface area contributed by atoms with Crippen LogP contribution in [0.15, 0.2) is 29.2 Å². The summed E-state index contributed by atoms with van der Waals surface area (Å²) in [5.41, 5.74) is 0.440. The number of rotatable bonds is 6. The van der Waals surface area contributed by atoms with E-state index in [1.54, 1.807) is 18.2 Å². The van der Waals surface area contributed by atoms with E-state index in [4.69, 9.17) is 5.14 Å². The van der Waals surface area contributed by atoms with Crippen LogP contribution in [0.5, 0.6) is 0 Å². The van der Waals surface area contributed by atoms with Gasteiger partial charge in [-0.15, -0.1) is 9.53 Å². The van der Waals surface area contributed by atoms with E-state index >= 15 is 0 Å². The van der Waals surface area contributed by atoms with Gasteiger partial charge in [-0.25, -0.2) is 5.14 Å². The number of hydrogen-bond acceptors (Lipinski definition) is 4.